The summed E-state index contributed by atoms with van der Waals surface area (Å²) < 4.78 is 0. The van der Waals surface area contributed by atoms with Crippen LogP contribution < -0.4 is 5.32 Å². The average molecular weight is 435 g/mol. The maximum Gasteiger partial charge on any atom is 0.257 e. The Morgan fingerprint density at radius 3 is 2.59 bits per heavy atom. The molecule has 2 fully saturated rings. The highest BCUT2D eigenvalue weighted by atomic mass is 16.2. The Hall–Kier alpha value is -2.65. The van der Waals surface area contributed by atoms with Gasteiger partial charge < -0.3 is 10.2 Å². The summed E-state index contributed by atoms with van der Waals surface area (Å²) in [5.41, 5.74) is 5.46. The molecule has 1 N–H and O–H groups in total. The Kier molecular flexibility index (Phi) is 7.26. The molecule has 170 valence electrons. The second kappa shape index (κ2) is 10.3. The fourth-order valence-electron chi connectivity index (χ4n) is 5.28. The second-order valence-electron chi connectivity index (χ2n) is 9.42. The predicted octanol–water partition coefficient (Wildman–Crippen LogP) is 4.54. The first-order chi connectivity index (χ1) is 15.6. The van der Waals surface area contributed by atoms with Crippen molar-refractivity contribution in [2.24, 2.45) is 5.92 Å². The number of benzene rings is 1. The summed E-state index contributed by atoms with van der Waals surface area (Å²) in [4.78, 5) is 40.3. The maximum absolute atomic E-state index is 13.1. The van der Waals surface area contributed by atoms with Crippen LogP contribution in [0.25, 0.3) is 0 Å². The van der Waals surface area contributed by atoms with Gasteiger partial charge in [0.1, 0.15) is 0 Å². The fourth-order valence-corrected chi connectivity index (χ4v) is 5.28. The highest BCUT2D eigenvalue weighted by Crippen LogP contribution is 2.30. The average Bonchev–Trinajstić information content (AvgIpc) is 2.81. The van der Waals surface area contributed by atoms with Gasteiger partial charge in [-0.05, 0) is 55.4 Å². The Balaban J connectivity index is 1.45. The van der Waals surface area contributed by atoms with Crippen LogP contribution in [-0.4, -0.2) is 41.6 Å². The molecule has 2 atom stereocenters. The van der Waals surface area contributed by atoms with Crippen LogP contribution in [0.4, 0.5) is 0 Å². The standard InChI is InChI=1S/C27H34N2O3/c1-2-24(30)25(19-9-4-3-5-10-19)28-26(31)22-14-7-13-21(17-22)23-15-8-16-29(18-23)27(32)20-11-6-12-20/h6-7,13-14,17,19,23,25H,2-5,8-11,15-16,18H2,1H3,(H,28,31)/t23?,25-/m1/s1. The molecule has 0 radical (unpaired) electrons. The van der Waals surface area contributed by atoms with Gasteiger partial charge in [0.25, 0.3) is 11.8 Å². The predicted molar refractivity (Wildman–Crippen MR) is 124 cm³/mol. The van der Waals surface area contributed by atoms with E-state index in [1.807, 2.05) is 42.2 Å². The number of amides is 2. The number of likely N-dealkylation sites (tertiary alicyclic amines) is 1. The first-order valence-corrected chi connectivity index (χ1v) is 12.2. The molecular weight excluding hydrogens is 400 g/mol. The van der Waals surface area contributed by atoms with E-state index in [9.17, 15) is 14.4 Å². The van der Waals surface area contributed by atoms with Gasteiger partial charge in [0.15, 0.2) is 5.78 Å². The smallest absolute Gasteiger partial charge is 0.257 e. The lowest BCUT2D eigenvalue weighted by molar-refractivity contribution is -0.128. The van der Waals surface area contributed by atoms with E-state index in [2.05, 4.69) is 11.0 Å². The van der Waals surface area contributed by atoms with Crippen molar-refractivity contribution in [1.29, 1.82) is 0 Å². The summed E-state index contributed by atoms with van der Waals surface area (Å²) in [6.07, 6.45) is 10.5. The van der Waals surface area contributed by atoms with E-state index in [0.29, 0.717) is 24.9 Å². The lowest BCUT2D eigenvalue weighted by atomic mass is 9.81. The third-order valence-corrected chi connectivity index (χ3v) is 7.27. The zero-order chi connectivity index (χ0) is 22.5. The minimum Gasteiger partial charge on any atom is -0.342 e. The molecule has 1 heterocycles. The maximum atomic E-state index is 13.1. The lowest BCUT2D eigenvalue weighted by Crippen LogP contribution is -2.46. The molecule has 1 unspecified atom stereocenters. The topological polar surface area (TPSA) is 66.5 Å². The van der Waals surface area contributed by atoms with Crippen LogP contribution in [0, 0.1) is 5.92 Å². The normalized spacial score (nSPS) is 22.0. The van der Waals surface area contributed by atoms with E-state index in [1.54, 1.807) is 0 Å². The van der Waals surface area contributed by atoms with Gasteiger partial charge in [-0.15, -0.1) is 5.73 Å². The van der Waals surface area contributed by atoms with Crippen molar-refractivity contribution in [2.75, 3.05) is 13.1 Å². The fraction of sp³-hybridized carbons (Fsp3) is 0.556. The van der Waals surface area contributed by atoms with Crippen molar-refractivity contribution in [3.63, 3.8) is 0 Å². The van der Waals surface area contributed by atoms with Crippen molar-refractivity contribution in [3.8, 4) is 0 Å². The quantitative estimate of drug-likeness (QED) is 0.641. The van der Waals surface area contributed by atoms with Gasteiger partial charge >= 0.3 is 0 Å². The largest absolute Gasteiger partial charge is 0.342 e. The number of piperidine rings is 1. The molecule has 1 saturated carbocycles. The first-order valence-electron chi connectivity index (χ1n) is 12.2. The third-order valence-electron chi connectivity index (χ3n) is 7.27. The number of carbonyl (C=O) groups is 3. The summed E-state index contributed by atoms with van der Waals surface area (Å²) in [6.45, 7) is 3.33. The minimum atomic E-state index is -0.386. The van der Waals surface area contributed by atoms with Gasteiger partial charge in [-0.25, -0.2) is 0 Å². The molecule has 3 aliphatic rings. The number of carbonyl (C=O) groups excluding carboxylic acids is 3. The van der Waals surface area contributed by atoms with Crippen molar-refractivity contribution in [1.82, 2.24) is 10.2 Å². The third kappa shape index (κ3) is 5.05. The molecule has 1 aromatic rings. The van der Waals surface area contributed by atoms with Gasteiger partial charge in [-0.2, -0.15) is 0 Å². The molecule has 5 nitrogen and oxygen atoms in total. The van der Waals surface area contributed by atoms with Gasteiger partial charge in [-0.1, -0.05) is 38.3 Å². The van der Waals surface area contributed by atoms with Crippen LogP contribution in [0.1, 0.15) is 86.6 Å². The van der Waals surface area contributed by atoms with Gasteiger partial charge in [0, 0.05) is 37.4 Å². The summed E-state index contributed by atoms with van der Waals surface area (Å²) in [5, 5.41) is 3.07. The van der Waals surface area contributed by atoms with Crippen molar-refractivity contribution < 1.29 is 14.4 Å². The van der Waals surface area contributed by atoms with E-state index in [1.165, 1.54) is 6.42 Å². The van der Waals surface area contributed by atoms with E-state index < -0.39 is 0 Å². The molecule has 2 amide bonds. The van der Waals surface area contributed by atoms with Crippen LogP contribution in [0.5, 0.6) is 0 Å². The molecule has 0 aromatic heterocycles. The minimum absolute atomic E-state index is 0.0968. The Bertz CT molecular complexity index is 938. The number of nitrogens with zero attached hydrogens (tertiary/aromatic N) is 1. The summed E-state index contributed by atoms with van der Waals surface area (Å²) in [7, 11) is 0. The van der Waals surface area contributed by atoms with Crippen LogP contribution in [0.2, 0.25) is 0 Å². The number of hydrogen-bond acceptors (Lipinski definition) is 3. The van der Waals surface area contributed by atoms with Crippen LogP contribution in [-0.2, 0) is 9.59 Å². The molecule has 0 bridgehead atoms. The molecule has 4 rings (SSSR count). The molecule has 2 aliphatic carbocycles. The summed E-state index contributed by atoms with van der Waals surface area (Å²) in [6, 6.07) is 7.35. The zero-order valence-corrected chi connectivity index (χ0v) is 19.1. The van der Waals surface area contributed by atoms with Gasteiger partial charge in [0.05, 0.1) is 11.6 Å². The Morgan fingerprint density at radius 2 is 1.91 bits per heavy atom. The molecule has 1 aliphatic heterocycles. The van der Waals surface area contributed by atoms with Crippen LogP contribution in [0.3, 0.4) is 0 Å². The zero-order valence-electron chi connectivity index (χ0n) is 19.1. The summed E-state index contributed by atoms with van der Waals surface area (Å²) in [5.74, 6) is 0.520. The lowest BCUT2D eigenvalue weighted by Gasteiger charge is -2.34. The SMILES string of the molecule is CCC(=O)[C@H](NC(=O)c1cccc(C2CCCN(C(=O)C3=C=CC3)C2)c1)C1CCCCC1. The molecule has 32 heavy (non-hydrogen) atoms. The number of nitrogens with one attached hydrogen (secondary N) is 1. The molecule has 5 heteroatoms. The van der Waals surface area contributed by atoms with E-state index in [0.717, 1.165) is 56.2 Å². The van der Waals surface area contributed by atoms with Crippen LogP contribution in [0.15, 0.2) is 41.6 Å². The number of hydrogen-bond donors (Lipinski definition) is 1. The van der Waals surface area contributed by atoms with Crippen molar-refractivity contribution >= 4 is 17.6 Å². The Morgan fingerprint density at radius 1 is 1.12 bits per heavy atom. The van der Waals surface area contributed by atoms with E-state index in [4.69, 9.17) is 0 Å². The number of rotatable bonds is 7. The van der Waals surface area contributed by atoms with E-state index in [-0.39, 0.29) is 35.5 Å². The Labute approximate surface area is 190 Å². The number of Topliss-reactive ketones (excluding diaryl/α,β-unsaturated/α-hetero) is 1. The molecule has 1 saturated heterocycles. The van der Waals surface area contributed by atoms with E-state index >= 15 is 0 Å². The highest BCUT2D eigenvalue weighted by molar-refractivity contribution is 5.98. The first kappa shape index (κ1) is 22.5. The van der Waals surface area contributed by atoms with Gasteiger partial charge in [-0.3, -0.25) is 14.4 Å². The van der Waals surface area contributed by atoms with Crippen LogP contribution >= 0.6 is 0 Å². The monoisotopic (exact) mass is 434 g/mol. The molecular formula is C27H34N2O3. The second-order valence-corrected chi connectivity index (χ2v) is 9.42. The highest BCUT2D eigenvalue weighted by Gasteiger charge is 2.31. The van der Waals surface area contributed by atoms with Gasteiger partial charge in [0.2, 0.25) is 0 Å². The molecule has 0 spiro atoms. The van der Waals surface area contributed by atoms with Crippen molar-refractivity contribution in [3.05, 3.63) is 52.8 Å². The van der Waals surface area contributed by atoms with Crippen molar-refractivity contribution in [2.45, 2.75) is 76.7 Å². The number of ketones is 1. The molecule has 1 aromatic carbocycles. The summed E-state index contributed by atoms with van der Waals surface area (Å²) >= 11 is 0.